The van der Waals surface area contributed by atoms with Gasteiger partial charge in [-0.25, -0.2) is 0 Å². The summed E-state index contributed by atoms with van der Waals surface area (Å²) >= 11 is 3.79. The van der Waals surface area contributed by atoms with Gasteiger partial charge in [-0.15, -0.1) is 0 Å². The van der Waals surface area contributed by atoms with E-state index in [1.54, 1.807) is 0 Å². The highest BCUT2D eigenvalue weighted by atomic mass is 79.9. The third-order valence-electron chi connectivity index (χ3n) is 3.11. The number of ether oxygens (including phenoxy) is 1. The van der Waals surface area contributed by atoms with Crippen LogP contribution < -0.4 is 4.74 Å². The van der Waals surface area contributed by atoms with Crippen molar-refractivity contribution in [1.82, 2.24) is 0 Å². The minimum Gasteiger partial charge on any atom is -0.491 e. The smallest absolute Gasteiger partial charge is 0.119 e. The summed E-state index contributed by atoms with van der Waals surface area (Å²) in [7, 11) is 0. The van der Waals surface area contributed by atoms with E-state index >= 15 is 0 Å². The zero-order chi connectivity index (χ0) is 12.3. The monoisotopic (exact) mass is 296 g/mol. The second-order valence-electron chi connectivity index (χ2n) is 5.21. The Kier molecular flexibility index (Phi) is 4.49. The van der Waals surface area contributed by atoms with E-state index in [0.717, 1.165) is 18.1 Å². The van der Waals surface area contributed by atoms with Crippen LogP contribution in [0.25, 0.3) is 0 Å². The molecule has 0 aromatic heterocycles. The molecule has 1 aliphatic carbocycles. The van der Waals surface area contributed by atoms with Crippen molar-refractivity contribution < 1.29 is 4.74 Å². The number of halogens is 1. The Morgan fingerprint density at radius 1 is 1.35 bits per heavy atom. The number of hydrogen-bond acceptors (Lipinski definition) is 1. The van der Waals surface area contributed by atoms with Gasteiger partial charge in [0.2, 0.25) is 0 Å². The summed E-state index contributed by atoms with van der Waals surface area (Å²) in [6.07, 6.45) is 5.44. The molecular weight excluding hydrogens is 276 g/mol. The molecule has 0 bridgehead atoms. The molecule has 1 aliphatic rings. The fourth-order valence-electron chi connectivity index (χ4n) is 2.04. The van der Waals surface area contributed by atoms with Crippen LogP contribution in [-0.2, 0) is 6.42 Å². The summed E-state index contributed by atoms with van der Waals surface area (Å²) in [6, 6.07) is 8.50. The van der Waals surface area contributed by atoms with Crippen LogP contribution in [0.5, 0.6) is 5.75 Å². The maximum Gasteiger partial charge on any atom is 0.119 e. The zero-order valence-corrected chi connectivity index (χ0v) is 12.2. The Morgan fingerprint density at radius 2 is 2.12 bits per heavy atom. The largest absolute Gasteiger partial charge is 0.491 e. The quantitative estimate of drug-likeness (QED) is 0.698. The molecule has 1 aromatic carbocycles. The van der Waals surface area contributed by atoms with E-state index in [4.69, 9.17) is 4.74 Å². The summed E-state index contributed by atoms with van der Waals surface area (Å²) in [4.78, 5) is 0.706. The van der Waals surface area contributed by atoms with E-state index in [0.29, 0.717) is 4.83 Å². The van der Waals surface area contributed by atoms with Gasteiger partial charge in [-0.2, -0.15) is 0 Å². The van der Waals surface area contributed by atoms with Crippen LogP contribution in [0.1, 0.15) is 38.7 Å². The van der Waals surface area contributed by atoms with Crippen LogP contribution in [0.3, 0.4) is 0 Å². The highest BCUT2D eigenvalue weighted by molar-refractivity contribution is 9.09. The number of benzene rings is 1. The normalized spacial score (nSPS) is 17.2. The molecule has 0 saturated heterocycles. The minimum atomic E-state index is 0.251. The van der Waals surface area contributed by atoms with Crippen molar-refractivity contribution in [1.29, 1.82) is 0 Å². The molecule has 0 radical (unpaired) electrons. The molecule has 1 atom stereocenters. The Bertz CT molecular complexity index is 358. The fraction of sp³-hybridized carbons (Fsp3) is 0.600. The third-order valence-corrected chi connectivity index (χ3v) is 4.32. The Hall–Kier alpha value is -0.500. The first-order valence-corrected chi connectivity index (χ1v) is 7.46. The molecular formula is C15H21BrO. The van der Waals surface area contributed by atoms with E-state index in [1.807, 2.05) is 6.07 Å². The third kappa shape index (κ3) is 4.34. The molecule has 1 unspecified atom stereocenters. The molecule has 94 valence electrons. The number of hydrogen-bond donors (Lipinski definition) is 0. The van der Waals surface area contributed by atoms with Crippen molar-refractivity contribution in [3.8, 4) is 5.75 Å². The van der Waals surface area contributed by atoms with Gasteiger partial charge in [-0.1, -0.05) is 28.1 Å². The number of rotatable bonds is 6. The van der Waals surface area contributed by atoms with Crippen molar-refractivity contribution in [2.75, 3.05) is 0 Å². The van der Waals surface area contributed by atoms with Gasteiger partial charge < -0.3 is 4.74 Å². The predicted molar refractivity (Wildman–Crippen MR) is 76.0 cm³/mol. The summed E-state index contributed by atoms with van der Waals surface area (Å²) in [6.45, 7) is 4.13. The molecule has 1 nitrogen and oxygen atoms in total. The van der Waals surface area contributed by atoms with E-state index in [1.165, 1.54) is 24.8 Å². The number of aryl methyl sites for hydroxylation is 1. The molecule has 1 aromatic rings. The maximum atomic E-state index is 5.71. The van der Waals surface area contributed by atoms with Crippen molar-refractivity contribution in [3.63, 3.8) is 0 Å². The lowest BCUT2D eigenvalue weighted by Crippen LogP contribution is -2.06. The van der Waals surface area contributed by atoms with Gasteiger partial charge in [0.15, 0.2) is 0 Å². The molecule has 1 saturated carbocycles. The molecule has 2 rings (SSSR count). The van der Waals surface area contributed by atoms with Gasteiger partial charge in [0, 0.05) is 4.83 Å². The molecule has 1 fully saturated rings. The first-order chi connectivity index (χ1) is 8.15. The standard InChI is InChI=1S/C15H21BrO/c1-11(2)17-14-5-3-4-12(10-14)6-9-15(16)13-7-8-13/h3-5,10-11,13,15H,6-9H2,1-2H3. The van der Waals surface area contributed by atoms with Crippen molar-refractivity contribution in [2.45, 2.75) is 50.5 Å². The molecule has 0 amide bonds. The van der Waals surface area contributed by atoms with Crippen LogP contribution in [-0.4, -0.2) is 10.9 Å². The molecule has 2 heteroatoms. The average Bonchev–Trinajstić information content (AvgIpc) is 3.09. The summed E-state index contributed by atoms with van der Waals surface area (Å²) in [5, 5.41) is 0. The van der Waals surface area contributed by atoms with Crippen LogP contribution in [0.15, 0.2) is 24.3 Å². The predicted octanol–water partition coefficient (Wildman–Crippen LogP) is 4.58. The Balaban J connectivity index is 1.86. The average molecular weight is 297 g/mol. The first-order valence-electron chi connectivity index (χ1n) is 6.55. The van der Waals surface area contributed by atoms with Crippen LogP contribution in [0.2, 0.25) is 0 Å². The molecule has 0 N–H and O–H groups in total. The van der Waals surface area contributed by atoms with E-state index < -0.39 is 0 Å². The van der Waals surface area contributed by atoms with Gasteiger partial charge >= 0.3 is 0 Å². The van der Waals surface area contributed by atoms with Crippen LogP contribution in [0.4, 0.5) is 0 Å². The highest BCUT2D eigenvalue weighted by Gasteiger charge is 2.28. The Morgan fingerprint density at radius 3 is 2.76 bits per heavy atom. The fourth-order valence-corrected chi connectivity index (χ4v) is 2.80. The lowest BCUT2D eigenvalue weighted by Gasteiger charge is -2.12. The zero-order valence-electron chi connectivity index (χ0n) is 10.7. The van der Waals surface area contributed by atoms with E-state index in [9.17, 15) is 0 Å². The van der Waals surface area contributed by atoms with Crippen molar-refractivity contribution in [3.05, 3.63) is 29.8 Å². The molecule has 17 heavy (non-hydrogen) atoms. The second-order valence-corrected chi connectivity index (χ2v) is 6.38. The van der Waals surface area contributed by atoms with Gasteiger partial charge in [-0.05, 0) is 63.1 Å². The minimum absolute atomic E-state index is 0.251. The van der Waals surface area contributed by atoms with Gasteiger partial charge in [0.25, 0.3) is 0 Å². The van der Waals surface area contributed by atoms with Crippen LogP contribution in [0, 0.1) is 5.92 Å². The van der Waals surface area contributed by atoms with Gasteiger partial charge in [-0.3, -0.25) is 0 Å². The Labute approximate surface area is 113 Å². The van der Waals surface area contributed by atoms with E-state index in [2.05, 4.69) is 48.0 Å². The van der Waals surface area contributed by atoms with Crippen LogP contribution >= 0.6 is 15.9 Å². The highest BCUT2D eigenvalue weighted by Crippen LogP contribution is 2.38. The summed E-state index contributed by atoms with van der Waals surface area (Å²) in [5.74, 6) is 1.93. The lowest BCUT2D eigenvalue weighted by molar-refractivity contribution is 0.242. The molecule has 0 aliphatic heterocycles. The first kappa shape index (κ1) is 12.9. The SMILES string of the molecule is CC(C)Oc1cccc(CCC(Br)C2CC2)c1. The molecule has 0 heterocycles. The molecule has 0 spiro atoms. The lowest BCUT2D eigenvalue weighted by atomic mass is 10.1. The topological polar surface area (TPSA) is 9.23 Å². The van der Waals surface area contributed by atoms with Crippen molar-refractivity contribution >= 4 is 15.9 Å². The summed E-state index contributed by atoms with van der Waals surface area (Å²) < 4.78 is 5.71. The second kappa shape index (κ2) is 5.90. The van der Waals surface area contributed by atoms with E-state index in [-0.39, 0.29) is 6.10 Å². The van der Waals surface area contributed by atoms with Crippen molar-refractivity contribution in [2.24, 2.45) is 5.92 Å². The summed E-state index contributed by atoms with van der Waals surface area (Å²) in [5.41, 5.74) is 1.38. The maximum absolute atomic E-state index is 5.71. The van der Waals surface area contributed by atoms with Gasteiger partial charge in [0.05, 0.1) is 6.10 Å². The number of alkyl halides is 1. The van der Waals surface area contributed by atoms with Gasteiger partial charge in [0.1, 0.15) is 5.75 Å².